The fourth-order valence-corrected chi connectivity index (χ4v) is 3.43. The molecule has 0 atom stereocenters. The van der Waals surface area contributed by atoms with Crippen LogP contribution in [0.4, 0.5) is 5.69 Å². The number of halogens is 1. The average molecular weight is 354 g/mol. The molecule has 1 saturated heterocycles. The molecule has 0 saturated carbocycles. The molecule has 4 nitrogen and oxygen atoms in total. The van der Waals surface area contributed by atoms with Gasteiger partial charge in [0.15, 0.2) is 0 Å². The Labute approximate surface area is 135 Å². The molecule has 0 aromatic heterocycles. The molecule has 1 aliphatic rings. The van der Waals surface area contributed by atoms with Crippen molar-refractivity contribution in [2.75, 3.05) is 24.5 Å². The van der Waals surface area contributed by atoms with Gasteiger partial charge >= 0.3 is 0 Å². The standard InChI is InChI=1S/C16H24BrN3O/c1-11(2)20(10-12-5-7-19-8-6-12)15-4-3-13(16(18)21)9-14(15)17/h3-4,9,11-12,19H,5-8,10H2,1-2H3,(H2,18,21). The van der Waals surface area contributed by atoms with Crippen LogP contribution in [0.1, 0.15) is 37.0 Å². The number of nitrogens with one attached hydrogen (secondary N) is 1. The number of amides is 1. The van der Waals surface area contributed by atoms with E-state index >= 15 is 0 Å². The smallest absolute Gasteiger partial charge is 0.248 e. The summed E-state index contributed by atoms with van der Waals surface area (Å²) < 4.78 is 0.932. The summed E-state index contributed by atoms with van der Waals surface area (Å²) in [5, 5.41) is 3.41. The number of primary amides is 1. The lowest BCUT2D eigenvalue weighted by Gasteiger charge is -2.35. The van der Waals surface area contributed by atoms with Gasteiger partial charge in [0.2, 0.25) is 5.91 Å². The zero-order valence-electron chi connectivity index (χ0n) is 12.7. The number of benzene rings is 1. The normalized spacial score (nSPS) is 16.2. The summed E-state index contributed by atoms with van der Waals surface area (Å²) in [4.78, 5) is 13.7. The highest BCUT2D eigenvalue weighted by Gasteiger charge is 2.21. The second-order valence-corrected chi connectivity index (χ2v) is 6.82. The van der Waals surface area contributed by atoms with E-state index in [0.717, 1.165) is 35.7 Å². The summed E-state index contributed by atoms with van der Waals surface area (Å²) in [6, 6.07) is 6.02. The molecule has 2 rings (SSSR count). The highest BCUT2D eigenvalue weighted by Crippen LogP contribution is 2.30. The van der Waals surface area contributed by atoms with Crippen LogP contribution in [0.25, 0.3) is 0 Å². The molecule has 1 aromatic rings. The van der Waals surface area contributed by atoms with E-state index in [4.69, 9.17) is 5.73 Å². The Kier molecular flexibility index (Phi) is 5.65. The number of carbonyl (C=O) groups excluding carboxylic acids is 1. The molecule has 0 spiro atoms. The molecule has 3 N–H and O–H groups in total. The minimum atomic E-state index is -0.392. The summed E-state index contributed by atoms with van der Waals surface area (Å²) in [5.41, 5.74) is 7.01. The third kappa shape index (κ3) is 4.20. The Hall–Kier alpha value is -1.07. The van der Waals surface area contributed by atoms with Gasteiger partial charge in [-0.2, -0.15) is 0 Å². The number of nitrogens with zero attached hydrogens (tertiary/aromatic N) is 1. The topological polar surface area (TPSA) is 58.4 Å². The Morgan fingerprint density at radius 3 is 2.62 bits per heavy atom. The zero-order chi connectivity index (χ0) is 15.4. The maximum atomic E-state index is 11.3. The molecular weight excluding hydrogens is 330 g/mol. The van der Waals surface area contributed by atoms with Crippen LogP contribution in [-0.2, 0) is 0 Å². The first-order valence-corrected chi connectivity index (χ1v) is 8.35. The predicted molar refractivity (Wildman–Crippen MR) is 90.7 cm³/mol. The van der Waals surface area contributed by atoms with E-state index in [9.17, 15) is 4.79 Å². The van der Waals surface area contributed by atoms with Gasteiger partial charge in [-0.15, -0.1) is 0 Å². The number of hydrogen-bond donors (Lipinski definition) is 2. The lowest BCUT2D eigenvalue weighted by Crippen LogP contribution is -2.39. The fraction of sp³-hybridized carbons (Fsp3) is 0.562. The number of rotatable bonds is 5. The fourth-order valence-electron chi connectivity index (χ4n) is 2.82. The van der Waals surface area contributed by atoms with Gasteiger partial charge in [0.1, 0.15) is 0 Å². The third-order valence-corrected chi connectivity index (χ3v) is 4.71. The molecule has 0 bridgehead atoms. The lowest BCUT2D eigenvalue weighted by atomic mass is 9.96. The van der Waals surface area contributed by atoms with Gasteiger partial charge < -0.3 is 16.0 Å². The summed E-state index contributed by atoms with van der Waals surface area (Å²) in [7, 11) is 0. The van der Waals surface area contributed by atoms with Crippen LogP contribution in [0.2, 0.25) is 0 Å². The van der Waals surface area contributed by atoms with Crippen molar-refractivity contribution in [2.24, 2.45) is 11.7 Å². The average Bonchev–Trinajstić information content (AvgIpc) is 2.46. The van der Waals surface area contributed by atoms with E-state index in [-0.39, 0.29) is 0 Å². The lowest BCUT2D eigenvalue weighted by molar-refractivity contribution is 0.100. The van der Waals surface area contributed by atoms with Crippen molar-refractivity contribution in [3.05, 3.63) is 28.2 Å². The molecule has 5 heteroatoms. The maximum Gasteiger partial charge on any atom is 0.248 e. The van der Waals surface area contributed by atoms with Crippen LogP contribution < -0.4 is 16.0 Å². The van der Waals surface area contributed by atoms with E-state index in [1.165, 1.54) is 12.8 Å². The van der Waals surface area contributed by atoms with Crippen molar-refractivity contribution in [2.45, 2.75) is 32.7 Å². The van der Waals surface area contributed by atoms with Crippen LogP contribution in [0.5, 0.6) is 0 Å². The number of piperidine rings is 1. The molecular formula is C16H24BrN3O. The van der Waals surface area contributed by atoms with Crippen LogP contribution in [-0.4, -0.2) is 31.6 Å². The third-order valence-electron chi connectivity index (χ3n) is 4.08. The highest BCUT2D eigenvalue weighted by molar-refractivity contribution is 9.10. The highest BCUT2D eigenvalue weighted by atomic mass is 79.9. The molecule has 1 fully saturated rings. The molecule has 1 aromatic carbocycles. The second kappa shape index (κ2) is 7.27. The predicted octanol–water partition coefficient (Wildman–Crippen LogP) is 2.76. The van der Waals surface area contributed by atoms with Crippen LogP contribution in [0, 0.1) is 5.92 Å². The van der Waals surface area contributed by atoms with Crippen LogP contribution in [0.15, 0.2) is 22.7 Å². The number of nitrogens with two attached hydrogens (primary N) is 1. The van der Waals surface area contributed by atoms with Gasteiger partial charge in [0.05, 0.1) is 5.69 Å². The summed E-state index contributed by atoms with van der Waals surface area (Å²) in [5.74, 6) is 0.327. The van der Waals surface area contributed by atoms with E-state index in [2.05, 4.69) is 40.0 Å². The maximum absolute atomic E-state index is 11.3. The van der Waals surface area contributed by atoms with Crippen LogP contribution in [0.3, 0.4) is 0 Å². The molecule has 21 heavy (non-hydrogen) atoms. The molecule has 1 heterocycles. The number of carbonyl (C=O) groups is 1. The molecule has 1 amide bonds. The Morgan fingerprint density at radius 2 is 2.10 bits per heavy atom. The van der Waals surface area contributed by atoms with Gasteiger partial charge in [-0.3, -0.25) is 4.79 Å². The molecule has 1 aliphatic heterocycles. The molecule has 116 valence electrons. The quantitative estimate of drug-likeness (QED) is 0.855. The monoisotopic (exact) mass is 353 g/mol. The van der Waals surface area contributed by atoms with Crippen molar-refractivity contribution in [3.8, 4) is 0 Å². The molecule has 0 unspecified atom stereocenters. The first-order valence-electron chi connectivity index (χ1n) is 7.55. The second-order valence-electron chi connectivity index (χ2n) is 5.97. The van der Waals surface area contributed by atoms with Crippen molar-refractivity contribution in [1.82, 2.24) is 5.32 Å². The van der Waals surface area contributed by atoms with E-state index in [0.29, 0.717) is 11.6 Å². The number of anilines is 1. The Balaban J connectivity index is 2.19. The molecule has 0 radical (unpaired) electrons. The van der Waals surface area contributed by atoms with Gasteiger partial charge in [-0.05, 0) is 79.8 Å². The van der Waals surface area contributed by atoms with E-state index in [1.807, 2.05) is 12.1 Å². The zero-order valence-corrected chi connectivity index (χ0v) is 14.3. The Morgan fingerprint density at radius 1 is 1.43 bits per heavy atom. The molecule has 0 aliphatic carbocycles. The SMILES string of the molecule is CC(C)N(CC1CCNCC1)c1ccc(C(N)=O)cc1Br. The first-order chi connectivity index (χ1) is 9.99. The van der Waals surface area contributed by atoms with Gasteiger partial charge in [0.25, 0.3) is 0 Å². The summed E-state index contributed by atoms with van der Waals surface area (Å²) in [6.45, 7) is 7.68. The largest absolute Gasteiger partial charge is 0.368 e. The summed E-state index contributed by atoms with van der Waals surface area (Å²) >= 11 is 3.59. The Bertz CT molecular complexity index is 498. The minimum Gasteiger partial charge on any atom is -0.368 e. The van der Waals surface area contributed by atoms with Gasteiger partial charge in [0, 0.05) is 22.6 Å². The number of hydrogen-bond acceptors (Lipinski definition) is 3. The van der Waals surface area contributed by atoms with Crippen molar-refractivity contribution in [1.29, 1.82) is 0 Å². The van der Waals surface area contributed by atoms with Crippen molar-refractivity contribution >= 4 is 27.5 Å². The van der Waals surface area contributed by atoms with Gasteiger partial charge in [-0.25, -0.2) is 0 Å². The van der Waals surface area contributed by atoms with Crippen molar-refractivity contribution in [3.63, 3.8) is 0 Å². The van der Waals surface area contributed by atoms with E-state index in [1.54, 1.807) is 6.07 Å². The van der Waals surface area contributed by atoms with Gasteiger partial charge in [-0.1, -0.05) is 0 Å². The minimum absolute atomic E-state index is 0.392. The van der Waals surface area contributed by atoms with Crippen molar-refractivity contribution < 1.29 is 4.79 Å². The van der Waals surface area contributed by atoms with E-state index < -0.39 is 5.91 Å². The summed E-state index contributed by atoms with van der Waals surface area (Å²) in [6.07, 6.45) is 2.44. The first kappa shape index (κ1) is 16.3. The van der Waals surface area contributed by atoms with Crippen LogP contribution >= 0.6 is 15.9 Å².